The van der Waals surface area contributed by atoms with E-state index in [1.165, 1.54) is 10.4 Å². The second-order valence-electron chi connectivity index (χ2n) is 7.10. The summed E-state index contributed by atoms with van der Waals surface area (Å²) >= 11 is 0. The number of nitrogens with zero attached hydrogens (tertiary/aromatic N) is 1. The van der Waals surface area contributed by atoms with Gasteiger partial charge in [-0.2, -0.15) is 4.31 Å². The third-order valence-electron chi connectivity index (χ3n) is 5.00. The van der Waals surface area contributed by atoms with E-state index in [2.05, 4.69) is 5.32 Å². The van der Waals surface area contributed by atoms with Crippen molar-refractivity contribution in [3.8, 4) is 0 Å². The van der Waals surface area contributed by atoms with Crippen LogP contribution in [0, 0.1) is 17.6 Å². The largest absolute Gasteiger partial charge is 0.366 e. The van der Waals surface area contributed by atoms with Crippen LogP contribution in [0.4, 0.5) is 14.5 Å². The molecular weight excluding hydrogens is 428 g/mol. The number of rotatable bonds is 6. The molecule has 1 aliphatic rings. The fourth-order valence-electron chi connectivity index (χ4n) is 3.26. The normalized spacial score (nSPS) is 15.8. The highest BCUT2D eigenvalue weighted by Gasteiger charge is 2.30. The summed E-state index contributed by atoms with van der Waals surface area (Å²) in [4.78, 5) is 23.7. The number of primary amides is 1. The molecule has 2 aromatic carbocycles. The zero-order chi connectivity index (χ0) is 22.6. The number of carbonyl (C=O) groups is 2. The summed E-state index contributed by atoms with van der Waals surface area (Å²) in [5, 5.41) is 3.46. The average molecular weight is 449 g/mol. The Balaban J connectivity index is 1.62. The zero-order valence-electron chi connectivity index (χ0n) is 16.4. The van der Waals surface area contributed by atoms with E-state index in [-0.39, 0.29) is 31.6 Å². The molecule has 3 N–H and O–H groups in total. The first kappa shape index (κ1) is 22.6. The number of carbonyl (C=O) groups excluding carboxylic acids is 2. The van der Waals surface area contributed by atoms with Crippen molar-refractivity contribution in [3.63, 3.8) is 0 Å². The molecule has 164 valence electrons. The topological polar surface area (TPSA) is 110 Å². The summed E-state index contributed by atoms with van der Waals surface area (Å²) in [7, 11) is -3.65. The van der Waals surface area contributed by atoms with Crippen molar-refractivity contribution in [1.82, 2.24) is 4.31 Å². The van der Waals surface area contributed by atoms with Crippen LogP contribution >= 0.6 is 0 Å². The fourth-order valence-corrected chi connectivity index (χ4v) is 4.48. The van der Waals surface area contributed by atoms with E-state index >= 15 is 0 Å². The number of hydrogen-bond acceptors (Lipinski definition) is 4. The molecule has 7 nitrogen and oxygen atoms in total. The highest BCUT2D eigenvalue weighted by atomic mass is 32.2. The van der Waals surface area contributed by atoms with E-state index in [9.17, 15) is 26.8 Å². The number of amides is 2. The summed E-state index contributed by atoms with van der Waals surface area (Å²) < 4.78 is 53.8. The van der Waals surface area contributed by atoms with Gasteiger partial charge in [0, 0.05) is 30.5 Å². The van der Waals surface area contributed by atoms with E-state index in [4.69, 9.17) is 5.73 Å². The van der Waals surface area contributed by atoms with Crippen molar-refractivity contribution in [2.24, 2.45) is 11.7 Å². The van der Waals surface area contributed by atoms with Gasteiger partial charge in [0.15, 0.2) is 0 Å². The first-order valence-electron chi connectivity index (χ1n) is 9.50. The summed E-state index contributed by atoms with van der Waals surface area (Å²) in [5.74, 6) is -4.36. The predicted molar refractivity (Wildman–Crippen MR) is 112 cm³/mol. The summed E-state index contributed by atoms with van der Waals surface area (Å²) in [6, 6.07) is 10.3. The Labute approximate surface area is 178 Å². The molecule has 3 rings (SSSR count). The predicted octanol–water partition coefficient (Wildman–Crippen LogP) is 2.71. The Bertz CT molecular complexity index is 1110. The van der Waals surface area contributed by atoms with Crippen LogP contribution in [-0.2, 0) is 14.8 Å². The maximum Gasteiger partial charge on any atom is 0.251 e. The van der Waals surface area contributed by atoms with Crippen molar-refractivity contribution in [2.45, 2.75) is 12.8 Å². The summed E-state index contributed by atoms with van der Waals surface area (Å²) in [6.07, 6.45) is 1.97. The molecule has 0 aliphatic carbocycles. The van der Waals surface area contributed by atoms with Gasteiger partial charge >= 0.3 is 0 Å². The molecule has 0 unspecified atom stereocenters. The maximum absolute atomic E-state index is 14.0. The Morgan fingerprint density at radius 1 is 1.06 bits per heavy atom. The molecule has 1 fully saturated rings. The van der Waals surface area contributed by atoms with Gasteiger partial charge in [0.1, 0.15) is 11.6 Å². The van der Waals surface area contributed by atoms with Gasteiger partial charge in [-0.25, -0.2) is 17.2 Å². The van der Waals surface area contributed by atoms with E-state index in [1.807, 2.05) is 6.07 Å². The second-order valence-corrected chi connectivity index (χ2v) is 8.92. The summed E-state index contributed by atoms with van der Waals surface area (Å²) in [5.41, 5.74) is 4.89. The molecular formula is C21H21F2N3O4S. The van der Waals surface area contributed by atoms with Crippen molar-refractivity contribution in [2.75, 3.05) is 18.4 Å². The lowest BCUT2D eigenvalue weighted by molar-refractivity contribution is -0.120. The number of sulfonamides is 1. The van der Waals surface area contributed by atoms with E-state index in [0.717, 1.165) is 17.0 Å². The Morgan fingerprint density at radius 2 is 1.71 bits per heavy atom. The fraction of sp³-hybridized carbons (Fsp3) is 0.238. The standard InChI is InChI=1S/C21H21F2N3O4S/c22-17-13-18(23)19(12-16(17)20(24)27)25-21(28)15-6-9-26(10-7-15)31(29,30)11-8-14-4-2-1-3-5-14/h1-5,8,11-13,15H,6-7,9-10H2,(H2,24,27)(H,25,28)/b11-8+. The van der Waals surface area contributed by atoms with E-state index < -0.39 is 45.0 Å². The molecule has 0 atom stereocenters. The molecule has 1 saturated heterocycles. The minimum atomic E-state index is -3.65. The quantitative estimate of drug-likeness (QED) is 0.707. The average Bonchev–Trinajstić information content (AvgIpc) is 2.75. The van der Waals surface area contributed by atoms with Gasteiger partial charge in [-0.1, -0.05) is 30.3 Å². The minimum absolute atomic E-state index is 0.123. The number of benzene rings is 2. The van der Waals surface area contributed by atoms with Crippen LogP contribution in [0.25, 0.3) is 6.08 Å². The maximum atomic E-state index is 14.0. The van der Waals surface area contributed by atoms with Gasteiger partial charge in [0.2, 0.25) is 15.9 Å². The van der Waals surface area contributed by atoms with Crippen LogP contribution in [-0.4, -0.2) is 37.6 Å². The van der Waals surface area contributed by atoms with Gasteiger partial charge in [-0.05, 0) is 30.5 Å². The minimum Gasteiger partial charge on any atom is -0.366 e. The highest BCUT2D eigenvalue weighted by Crippen LogP contribution is 2.24. The number of nitrogens with one attached hydrogen (secondary N) is 1. The second kappa shape index (κ2) is 9.36. The number of anilines is 1. The van der Waals surface area contributed by atoms with Gasteiger partial charge in [-0.3, -0.25) is 9.59 Å². The SMILES string of the molecule is NC(=O)c1cc(NC(=O)C2CCN(S(=O)(=O)/C=C/c3ccccc3)CC2)c(F)cc1F. The first-order valence-corrected chi connectivity index (χ1v) is 11.0. The van der Waals surface area contributed by atoms with Crippen LogP contribution in [0.15, 0.2) is 47.9 Å². The third-order valence-corrected chi connectivity index (χ3v) is 6.56. The summed E-state index contributed by atoms with van der Waals surface area (Å²) in [6.45, 7) is 0.246. The van der Waals surface area contributed by atoms with Crippen molar-refractivity contribution in [3.05, 3.63) is 70.6 Å². The third kappa shape index (κ3) is 5.53. The lowest BCUT2D eigenvalue weighted by Crippen LogP contribution is -2.40. The van der Waals surface area contributed by atoms with Crippen molar-refractivity contribution >= 4 is 33.6 Å². The lowest BCUT2D eigenvalue weighted by Gasteiger charge is -2.29. The van der Waals surface area contributed by atoms with Crippen molar-refractivity contribution < 1.29 is 26.8 Å². The molecule has 2 aromatic rings. The molecule has 0 aromatic heterocycles. The molecule has 0 saturated carbocycles. The molecule has 1 aliphatic heterocycles. The first-order chi connectivity index (χ1) is 14.7. The van der Waals surface area contributed by atoms with Crippen LogP contribution in [0.1, 0.15) is 28.8 Å². The van der Waals surface area contributed by atoms with E-state index in [0.29, 0.717) is 6.07 Å². The van der Waals surface area contributed by atoms with Crippen LogP contribution in [0.5, 0.6) is 0 Å². The van der Waals surface area contributed by atoms with Gasteiger partial charge in [0.25, 0.3) is 5.91 Å². The number of halogens is 2. The monoisotopic (exact) mass is 449 g/mol. The van der Waals surface area contributed by atoms with E-state index in [1.54, 1.807) is 24.3 Å². The molecule has 2 amide bonds. The highest BCUT2D eigenvalue weighted by molar-refractivity contribution is 7.92. The number of nitrogens with two attached hydrogens (primary N) is 1. The molecule has 0 radical (unpaired) electrons. The van der Waals surface area contributed by atoms with Crippen LogP contribution < -0.4 is 11.1 Å². The smallest absolute Gasteiger partial charge is 0.251 e. The molecule has 0 bridgehead atoms. The Morgan fingerprint density at radius 3 is 2.32 bits per heavy atom. The van der Waals surface area contributed by atoms with Gasteiger partial charge in [-0.15, -0.1) is 0 Å². The number of hydrogen-bond donors (Lipinski definition) is 2. The lowest BCUT2D eigenvalue weighted by atomic mass is 9.97. The van der Waals surface area contributed by atoms with Crippen LogP contribution in [0.3, 0.4) is 0 Å². The zero-order valence-corrected chi connectivity index (χ0v) is 17.2. The number of piperidine rings is 1. The molecule has 0 spiro atoms. The molecule has 1 heterocycles. The van der Waals surface area contributed by atoms with Crippen LogP contribution in [0.2, 0.25) is 0 Å². The van der Waals surface area contributed by atoms with Gasteiger partial charge < -0.3 is 11.1 Å². The van der Waals surface area contributed by atoms with Crippen molar-refractivity contribution in [1.29, 1.82) is 0 Å². The van der Waals surface area contributed by atoms with Gasteiger partial charge in [0.05, 0.1) is 11.3 Å². The Kier molecular flexibility index (Phi) is 6.81. The molecule has 31 heavy (non-hydrogen) atoms. The Hall–Kier alpha value is -3.11. The molecule has 10 heteroatoms.